The van der Waals surface area contributed by atoms with Gasteiger partial charge in [0.15, 0.2) is 0 Å². The SMILES string of the molecule is COC(=O)C#COc1ccccc1. The molecule has 0 heterocycles. The third kappa shape index (κ3) is 3.30. The Bertz CT molecular complexity index is 332. The molecule has 0 radical (unpaired) electrons. The van der Waals surface area contributed by atoms with Crippen molar-refractivity contribution >= 4 is 5.97 Å². The van der Waals surface area contributed by atoms with Gasteiger partial charge in [-0.2, -0.15) is 0 Å². The van der Waals surface area contributed by atoms with E-state index in [-0.39, 0.29) is 0 Å². The number of carbonyl (C=O) groups is 1. The van der Waals surface area contributed by atoms with Crippen LogP contribution in [0, 0.1) is 12.0 Å². The van der Waals surface area contributed by atoms with Crippen molar-refractivity contribution < 1.29 is 14.3 Å². The van der Waals surface area contributed by atoms with Crippen LogP contribution in [0.15, 0.2) is 30.3 Å². The standard InChI is InChI=1S/C10H8O3/c1-12-10(11)7-8-13-9-5-3-2-4-6-9/h2-6H,1H3. The van der Waals surface area contributed by atoms with Crippen LogP contribution in [-0.2, 0) is 9.53 Å². The Labute approximate surface area is 76.3 Å². The highest BCUT2D eigenvalue weighted by molar-refractivity contribution is 5.87. The number of benzene rings is 1. The van der Waals surface area contributed by atoms with Crippen LogP contribution in [0.2, 0.25) is 0 Å². The molecule has 1 rings (SSSR count). The topological polar surface area (TPSA) is 35.5 Å². The summed E-state index contributed by atoms with van der Waals surface area (Å²) < 4.78 is 9.21. The summed E-state index contributed by atoms with van der Waals surface area (Å²) in [6.45, 7) is 0. The van der Waals surface area contributed by atoms with Crippen molar-refractivity contribution in [3.8, 4) is 17.8 Å². The third-order valence-corrected chi connectivity index (χ3v) is 1.25. The van der Waals surface area contributed by atoms with Gasteiger partial charge in [-0.3, -0.25) is 0 Å². The fraction of sp³-hybridized carbons (Fsp3) is 0.100. The summed E-state index contributed by atoms with van der Waals surface area (Å²) in [5, 5.41) is 0. The first-order chi connectivity index (χ1) is 6.33. The molecular formula is C10H8O3. The van der Waals surface area contributed by atoms with Crippen molar-refractivity contribution in [1.82, 2.24) is 0 Å². The number of hydrogen-bond donors (Lipinski definition) is 0. The summed E-state index contributed by atoms with van der Waals surface area (Å²) in [5.41, 5.74) is 0. The van der Waals surface area contributed by atoms with Crippen LogP contribution in [0.3, 0.4) is 0 Å². The van der Waals surface area contributed by atoms with E-state index in [0.29, 0.717) is 5.75 Å². The van der Waals surface area contributed by atoms with E-state index >= 15 is 0 Å². The van der Waals surface area contributed by atoms with Gasteiger partial charge in [-0.05, 0) is 12.1 Å². The minimum atomic E-state index is -0.615. The van der Waals surface area contributed by atoms with Gasteiger partial charge in [-0.25, -0.2) is 4.79 Å². The molecule has 0 spiro atoms. The predicted octanol–water partition coefficient (Wildman–Crippen LogP) is 1.20. The van der Waals surface area contributed by atoms with Crippen molar-refractivity contribution in [3.05, 3.63) is 30.3 Å². The van der Waals surface area contributed by atoms with E-state index < -0.39 is 5.97 Å². The van der Waals surface area contributed by atoms with Gasteiger partial charge in [-0.15, -0.1) is 0 Å². The lowest BCUT2D eigenvalue weighted by Gasteiger charge is -1.93. The van der Waals surface area contributed by atoms with Gasteiger partial charge in [0, 0.05) is 0 Å². The van der Waals surface area contributed by atoms with E-state index in [1.807, 2.05) is 18.2 Å². The molecule has 0 aliphatic heterocycles. The minimum Gasteiger partial charge on any atom is -0.459 e. The highest BCUT2D eigenvalue weighted by Crippen LogP contribution is 2.06. The Morgan fingerprint density at radius 2 is 2.00 bits per heavy atom. The normalized spacial score (nSPS) is 8.08. The number of carbonyl (C=O) groups excluding carboxylic acids is 1. The van der Waals surface area contributed by atoms with E-state index in [9.17, 15) is 4.79 Å². The third-order valence-electron chi connectivity index (χ3n) is 1.25. The zero-order valence-electron chi connectivity index (χ0n) is 7.11. The van der Waals surface area contributed by atoms with Crippen LogP contribution in [-0.4, -0.2) is 13.1 Å². The molecule has 3 nitrogen and oxygen atoms in total. The van der Waals surface area contributed by atoms with Crippen LogP contribution in [0.5, 0.6) is 5.75 Å². The van der Waals surface area contributed by atoms with Gasteiger partial charge in [0.05, 0.1) is 13.0 Å². The molecule has 1 aromatic rings. The zero-order chi connectivity index (χ0) is 9.52. The molecule has 1 aromatic carbocycles. The Balaban J connectivity index is 2.51. The maximum atomic E-state index is 10.5. The summed E-state index contributed by atoms with van der Waals surface area (Å²) in [4.78, 5) is 10.5. The number of esters is 1. The Hall–Kier alpha value is -1.95. The molecule has 66 valence electrons. The van der Waals surface area contributed by atoms with Crippen LogP contribution < -0.4 is 4.74 Å². The molecule has 0 saturated heterocycles. The highest BCUT2D eigenvalue weighted by Gasteiger charge is 1.90. The zero-order valence-corrected chi connectivity index (χ0v) is 7.11. The lowest BCUT2D eigenvalue weighted by atomic mass is 10.3. The Kier molecular flexibility index (Phi) is 3.40. The largest absolute Gasteiger partial charge is 0.459 e. The fourth-order valence-electron chi connectivity index (χ4n) is 0.666. The van der Waals surface area contributed by atoms with E-state index in [2.05, 4.69) is 16.8 Å². The summed E-state index contributed by atoms with van der Waals surface area (Å²) in [7, 11) is 1.26. The van der Waals surface area contributed by atoms with Crippen molar-refractivity contribution in [2.45, 2.75) is 0 Å². The monoisotopic (exact) mass is 176 g/mol. The first-order valence-electron chi connectivity index (χ1n) is 3.64. The lowest BCUT2D eigenvalue weighted by Crippen LogP contribution is -1.95. The number of methoxy groups -OCH3 is 1. The van der Waals surface area contributed by atoms with Gasteiger partial charge < -0.3 is 9.47 Å². The summed E-state index contributed by atoms with van der Waals surface area (Å²) in [6.07, 6.45) is 2.23. The van der Waals surface area contributed by atoms with Gasteiger partial charge >= 0.3 is 5.97 Å². The summed E-state index contributed by atoms with van der Waals surface area (Å²) in [6, 6.07) is 8.98. The second-order valence-corrected chi connectivity index (χ2v) is 2.13. The molecule has 0 aliphatic carbocycles. The quantitative estimate of drug-likeness (QED) is 0.476. The van der Waals surface area contributed by atoms with Gasteiger partial charge in [0.25, 0.3) is 0 Å². The minimum absolute atomic E-state index is 0.596. The molecule has 3 heteroatoms. The molecule has 0 saturated carbocycles. The van der Waals surface area contributed by atoms with Gasteiger partial charge in [0.2, 0.25) is 0 Å². The number of ether oxygens (including phenoxy) is 2. The predicted molar refractivity (Wildman–Crippen MR) is 46.9 cm³/mol. The van der Waals surface area contributed by atoms with Crippen molar-refractivity contribution in [1.29, 1.82) is 0 Å². The Morgan fingerprint density at radius 3 is 2.62 bits per heavy atom. The van der Waals surface area contributed by atoms with Crippen molar-refractivity contribution in [2.24, 2.45) is 0 Å². The molecule has 13 heavy (non-hydrogen) atoms. The number of rotatable bonds is 1. The van der Waals surface area contributed by atoms with Crippen molar-refractivity contribution in [3.63, 3.8) is 0 Å². The molecular weight excluding hydrogens is 168 g/mol. The fourth-order valence-corrected chi connectivity index (χ4v) is 0.666. The van der Waals surface area contributed by atoms with Crippen LogP contribution >= 0.6 is 0 Å². The Morgan fingerprint density at radius 1 is 1.31 bits per heavy atom. The maximum absolute atomic E-state index is 10.5. The number of hydrogen-bond acceptors (Lipinski definition) is 3. The molecule has 0 atom stereocenters. The lowest BCUT2D eigenvalue weighted by molar-refractivity contribution is -0.133. The van der Waals surface area contributed by atoms with Crippen LogP contribution in [0.25, 0.3) is 0 Å². The second kappa shape index (κ2) is 4.83. The average Bonchev–Trinajstić information content (AvgIpc) is 2.19. The molecule has 0 aromatic heterocycles. The molecule has 0 unspecified atom stereocenters. The van der Waals surface area contributed by atoms with Gasteiger partial charge in [0.1, 0.15) is 11.9 Å². The highest BCUT2D eigenvalue weighted by atomic mass is 16.5. The molecule has 0 N–H and O–H groups in total. The van der Waals surface area contributed by atoms with E-state index in [0.717, 1.165) is 0 Å². The first kappa shape index (κ1) is 9.14. The average molecular weight is 176 g/mol. The molecule has 0 fully saturated rings. The molecule has 0 bridgehead atoms. The first-order valence-corrected chi connectivity index (χ1v) is 3.64. The summed E-state index contributed by atoms with van der Waals surface area (Å²) in [5.74, 6) is 2.13. The second-order valence-electron chi connectivity index (χ2n) is 2.13. The van der Waals surface area contributed by atoms with Crippen LogP contribution in [0.4, 0.5) is 0 Å². The smallest absolute Gasteiger partial charge is 0.387 e. The van der Waals surface area contributed by atoms with Crippen molar-refractivity contribution in [2.75, 3.05) is 7.11 Å². The molecule has 0 aliphatic rings. The maximum Gasteiger partial charge on any atom is 0.387 e. The summed E-state index contributed by atoms with van der Waals surface area (Å²) >= 11 is 0. The molecule has 0 amide bonds. The number of para-hydroxylation sites is 1. The van der Waals surface area contributed by atoms with Gasteiger partial charge in [-0.1, -0.05) is 18.2 Å². The van der Waals surface area contributed by atoms with E-state index in [1.54, 1.807) is 12.1 Å². The van der Waals surface area contributed by atoms with E-state index in [4.69, 9.17) is 4.74 Å². The van der Waals surface area contributed by atoms with Crippen LogP contribution in [0.1, 0.15) is 0 Å². The van der Waals surface area contributed by atoms with E-state index in [1.165, 1.54) is 7.11 Å².